The van der Waals surface area contributed by atoms with Crippen LogP contribution in [0.15, 0.2) is 24.3 Å². The molecular weight excluding hydrogens is 286 g/mol. The minimum atomic E-state index is -0.396. The minimum absolute atomic E-state index is 0.00417. The van der Waals surface area contributed by atoms with Gasteiger partial charge in [-0.1, -0.05) is 17.7 Å². The Balaban J connectivity index is 1.75. The first-order valence-corrected chi connectivity index (χ1v) is 7.66. The largest absolute Gasteiger partial charge is 0.464 e. The van der Waals surface area contributed by atoms with Gasteiger partial charge in [0.15, 0.2) is 18.1 Å². The van der Waals surface area contributed by atoms with E-state index in [4.69, 9.17) is 22.8 Å². The third-order valence-corrected chi connectivity index (χ3v) is 4.27. The van der Waals surface area contributed by atoms with E-state index >= 15 is 0 Å². The van der Waals surface area contributed by atoms with Gasteiger partial charge < -0.3 is 18.3 Å². The van der Waals surface area contributed by atoms with Gasteiger partial charge >= 0.3 is 0 Å². The molecule has 19 heavy (non-hydrogen) atoms. The van der Waals surface area contributed by atoms with Gasteiger partial charge in [0.2, 0.25) is 6.29 Å². The van der Waals surface area contributed by atoms with Crippen molar-refractivity contribution < 1.29 is 22.8 Å². The van der Waals surface area contributed by atoms with Gasteiger partial charge in [0.1, 0.15) is 11.2 Å². The van der Waals surface area contributed by atoms with Gasteiger partial charge in [0.25, 0.3) is 0 Å². The monoisotopic (exact) mass is 302 g/mol. The molecular formula is C12H16O5P2. The van der Waals surface area contributed by atoms with Crippen LogP contribution in [0.3, 0.4) is 0 Å². The number of hydrogen-bond donors (Lipinski definition) is 0. The summed E-state index contributed by atoms with van der Waals surface area (Å²) in [6, 6.07) is 7.91. The highest BCUT2D eigenvalue weighted by molar-refractivity contribution is 7.26. The summed E-state index contributed by atoms with van der Waals surface area (Å²) in [5.41, 5.74) is 0.823. The molecule has 1 spiro atoms. The van der Waals surface area contributed by atoms with E-state index in [-0.39, 0.29) is 23.5 Å². The van der Waals surface area contributed by atoms with Crippen molar-refractivity contribution in [2.75, 3.05) is 19.8 Å². The molecule has 0 aromatic heterocycles. The van der Waals surface area contributed by atoms with E-state index in [0.717, 1.165) is 5.75 Å². The van der Waals surface area contributed by atoms with Crippen molar-refractivity contribution in [3.05, 3.63) is 29.8 Å². The topological polar surface area (TPSA) is 46.2 Å². The van der Waals surface area contributed by atoms with Crippen molar-refractivity contribution in [2.45, 2.75) is 13.2 Å². The van der Waals surface area contributed by atoms with Gasteiger partial charge in [-0.15, -0.1) is 0 Å². The summed E-state index contributed by atoms with van der Waals surface area (Å²) >= 11 is 0. The van der Waals surface area contributed by atoms with Crippen LogP contribution < -0.4 is 4.74 Å². The number of hydrogen-bond acceptors (Lipinski definition) is 5. The first kappa shape index (κ1) is 13.7. The van der Waals surface area contributed by atoms with E-state index in [9.17, 15) is 0 Å². The summed E-state index contributed by atoms with van der Waals surface area (Å²) in [6.45, 7) is 3.65. The fourth-order valence-electron chi connectivity index (χ4n) is 1.98. The van der Waals surface area contributed by atoms with E-state index < -0.39 is 6.29 Å². The second-order valence-electron chi connectivity index (χ2n) is 4.78. The highest BCUT2D eigenvalue weighted by atomic mass is 31.1. The Morgan fingerprint density at radius 3 is 2.37 bits per heavy atom. The van der Waals surface area contributed by atoms with Crippen LogP contribution in [0.4, 0.5) is 0 Å². The molecule has 2 aliphatic heterocycles. The van der Waals surface area contributed by atoms with Gasteiger partial charge in [-0.25, -0.2) is 0 Å². The van der Waals surface area contributed by atoms with Crippen molar-refractivity contribution in [1.29, 1.82) is 0 Å². The van der Waals surface area contributed by atoms with E-state index in [0.29, 0.717) is 19.8 Å². The highest BCUT2D eigenvalue weighted by Crippen LogP contribution is 2.43. The molecule has 2 aliphatic rings. The maximum atomic E-state index is 5.95. The first-order valence-electron chi connectivity index (χ1n) is 6.03. The summed E-state index contributed by atoms with van der Waals surface area (Å²) < 4.78 is 27.8. The lowest BCUT2D eigenvalue weighted by atomic mass is 9.90. The Bertz CT molecular complexity index is 410. The zero-order valence-corrected chi connectivity index (χ0v) is 12.5. The normalized spacial score (nSPS) is 33.8. The minimum Gasteiger partial charge on any atom is -0.464 e. The standard InChI is InChI=1S/C12H16O5P2/c1-9-2-4-10(5-3-9)16-11-12(8-15-19-17-11)6-13-18-14-7-12/h2-5,11,18-19H,6-8H2,1H3. The molecule has 2 atom stereocenters. The second-order valence-corrected chi connectivity index (χ2v) is 6.21. The van der Waals surface area contributed by atoms with Crippen molar-refractivity contribution in [3.63, 3.8) is 0 Å². The molecule has 2 heterocycles. The Kier molecular flexibility index (Phi) is 4.33. The van der Waals surface area contributed by atoms with Crippen LogP contribution >= 0.6 is 18.1 Å². The predicted octanol–water partition coefficient (Wildman–Crippen LogP) is 2.80. The molecule has 1 aromatic rings. The fourth-order valence-corrected chi connectivity index (χ4v) is 3.56. The van der Waals surface area contributed by atoms with Crippen LogP contribution in [-0.4, -0.2) is 26.1 Å². The van der Waals surface area contributed by atoms with Crippen LogP contribution in [0.5, 0.6) is 5.75 Å². The Labute approximate surface area is 115 Å². The Morgan fingerprint density at radius 2 is 1.68 bits per heavy atom. The van der Waals surface area contributed by atoms with Crippen LogP contribution in [-0.2, 0) is 18.1 Å². The molecule has 0 radical (unpaired) electrons. The molecule has 5 nitrogen and oxygen atoms in total. The summed E-state index contributed by atoms with van der Waals surface area (Å²) in [6.07, 6.45) is -0.396. The van der Waals surface area contributed by atoms with E-state index in [2.05, 4.69) is 0 Å². The zero-order chi connectivity index (χ0) is 13.1. The van der Waals surface area contributed by atoms with Crippen LogP contribution in [0.2, 0.25) is 0 Å². The quantitative estimate of drug-likeness (QED) is 0.786. The lowest BCUT2D eigenvalue weighted by Crippen LogP contribution is -2.52. The Morgan fingerprint density at radius 1 is 1.05 bits per heavy atom. The Hall–Kier alpha value is -0.280. The molecule has 2 fully saturated rings. The molecule has 2 saturated heterocycles. The summed E-state index contributed by atoms with van der Waals surface area (Å²) in [5.74, 6) is 0.787. The lowest BCUT2D eigenvalue weighted by molar-refractivity contribution is -0.171. The molecule has 1 aromatic carbocycles. The first-order chi connectivity index (χ1) is 9.28. The van der Waals surface area contributed by atoms with E-state index in [1.54, 1.807) is 0 Å². The molecule has 0 aliphatic carbocycles. The lowest BCUT2D eigenvalue weighted by Gasteiger charge is -2.43. The number of rotatable bonds is 2. The van der Waals surface area contributed by atoms with E-state index in [1.807, 2.05) is 31.2 Å². The van der Waals surface area contributed by atoms with Crippen molar-refractivity contribution in [3.8, 4) is 5.75 Å². The molecule has 2 unspecified atom stereocenters. The highest BCUT2D eigenvalue weighted by Gasteiger charge is 2.47. The summed E-state index contributed by atoms with van der Waals surface area (Å²) in [4.78, 5) is 0. The van der Waals surface area contributed by atoms with Gasteiger partial charge in [0, 0.05) is 0 Å². The fraction of sp³-hybridized carbons (Fsp3) is 0.500. The van der Waals surface area contributed by atoms with Crippen molar-refractivity contribution in [2.24, 2.45) is 5.41 Å². The smallest absolute Gasteiger partial charge is 0.217 e. The third kappa shape index (κ3) is 3.08. The summed E-state index contributed by atoms with van der Waals surface area (Å²) in [5, 5.41) is 0. The van der Waals surface area contributed by atoms with Crippen molar-refractivity contribution in [1.82, 2.24) is 0 Å². The van der Waals surface area contributed by atoms with Crippen LogP contribution in [0.25, 0.3) is 0 Å². The average Bonchev–Trinajstić information content (AvgIpc) is 2.45. The van der Waals surface area contributed by atoms with E-state index in [1.165, 1.54) is 5.56 Å². The second kappa shape index (κ2) is 6.01. The number of aryl methyl sites for hydroxylation is 1. The van der Waals surface area contributed by atoms with Gasteiger partial charge in [0.05, 0.1) is 19.8 Å². The van der Waals surface area contributed by atoms with Gasteiger partial charge in [-0.3, -0.25) is 4.52 Å². The SMILES string of the molecule is Cc1ccc(OC2OPOCC23COPOC3)cc1. The molecule has 3 rings (SSSR count). The molecule has 0 N–H and O–H groups in total. The van der Waals surface area contributed by atoms with Crippen LogP contribution in [0, 0.1) is 12.3 Å². The average molecular weight is 302 g/mol. The van der Waals surface area contributed by atoms with Gasteiger partial charge in [-0.05, 0) is 19.1 Å². The van der Waals surface area contributed by atoms with Crippen LogP contribution in [0.1, 0.15) is 5.56 Å². The van der Waals surface area contributed by atoms with Crippen molar-refractivity contribution >= 4 is 18.1 Å². The zero-order valence-electron chi connectivity index (χ0n) is 10.5. The number of benzene rings is 1. The summed E-state index contributed by atoms with van der Waals surface area (Å²) in [7, 11) is 0.0873. The third-order valence-electron chi connectivity index (χ3n) is 3.17. The van der Waals surface area contributed by atoms with Gasteiger partial charge in [-0.2, -0.15) is 0 Å². The molecule has 0 amide bonds. The maximum Gasteiger partial charge on any atom is 0.217 e. The molecule has 7 heteroatoms. The predicted molar refractivity (Wildman–Crippen MR) is 73.6 cm³/mol. The molecule has 0 bridgehead atoms. The maximum absolute atomic E-state index is 5.95. The molecule has 0 saturated carbocycles. The number of ether oxygens (including phenoxy) is 1. The molecule has 104 valence electrons.